The number of benzene rings is 11. The van der Waals surface area contributed by atoms with Crippen molar-refractivity contribution >= 4 is 38.6 Å². The van der Waals surface area contributed by atoms with E-state index < -0.39 is 5.41 Å². The number of hydrogen-bond acceptors (Lipinski definition) is 1. The van der Waals surface area contributed by atoms with Crippen molar-refractivity contribution in [3.63, 3.8) is 0 Å². The molecule has 0 radical (unpaired) electrons. The van der Waals surface area contributed by atoms with E-state index in [1.54, 1.807) is 0 Å². The lowest BCUT2D eigenvalue weighted by molar-refractivity contribution is 0.794. The molecule has 0 fully saturated rings. The Labute approximate surface area is 373 Å². The Bertz CT molecular complexity index is 3570. The normalized spacial score (nSPS) is 12.8. The first-order valence-electron chi connectivity index (χ1n) is 22.3. The van der Waals surface area contributed by atoms with E-state index in [9.17, 15) is 0 Å². The van der Waals surface area contributed by atoms with Gasteiger partial charge in [-0.05, 0) is 101 Å². The molecule has 1 nitrogen and oxygen atoms in total. The molecule has 0 saturated heterocycles. The summed E-state index contributed by atoms with van der Waals surface area (Å²) in [6, 6.07) is 92.3. The molecule has 0 unspecified atom stereocenters. The van der Waals surface area contributed by atoms with Gasteiger partial charge in [0.1, 0.15) is 0 Å². The van der Waals surface area contributed by atoms with Gasteiger partial charge in [0.25, 0.3) is 0 Å². The minimum absolute atomic E-state index is 0.485. The van der Waals surface area contributed by atoms with Crippen LogP contribution < -0.4 is 4.90 Å². The average molecular weight is 812 g/mol. The summed E-state index contributed by atoms with van der Waals surface area (Å²) in [4.78, 5) is 2.61. The number of rotatable bonds is 6. The second-order valence-electron chi connectivity index (χ2n) is 17.1. The molecule has 1 heteroatoms. The van der Waals surface area contributed by atoms with Gasteiger partial charge in [0.05, 0.1) is 22.5 Å². The predicted octanol–water partition coefficient (Wildman–Crippen LogP) is 16.8. The van der Waals surface area contributed by atoms with Crippen LogP contribution in [0.25, 0.3) is 77.2 Å². The van der Waals surface area contributed by atoms with E-state index in [1.807, 2.05) is 0 Å². The number of hydrogen-bond donors (Lipinski definition) is 0. The molecule has 13 rings (SSSR count). The van der Waals surface area contributed by atoms with E-state index in [0.717, 1.165) is 17.1 Å². The molecule has 0 bridgehead atoms. The van der Waals surface area contributed by atoms with Crippen molar-refractivity contribution in [3.8, 4) is 55.6 Å². The molecule has 0 aromatic heterocycles. The van der Waals surface area contributed by atoms with Crippen LogP contribution >= 0.6 is 0 Å². The smallest absolute Gasteiger partial charge is 0.0726 e. The fraction of sp³-hybridized carbons (Fsp3) is 0.0159. The zero-order chi connectivity index (χ0) is 42.2. The summed E-state index contributed by atoms with van der Waals surface area (Å²) >= 11 is 0. The van der Waals surface area contributed by atoms with Gasteiger partial charge in [-0.2, -0.15) is 0 Å². The largest absolute Gasteiger partial charge is 0.309 e. The van der Waals surface area contributed by atoms with E-state index in [1.165, 1.54) is 99.4 Å². The Balaban J connectivity index is 1.20. The van der Waals surface area contributed by atoms with Crippen molar-refractivity contribution in [2.45, 2.75) is 5.41 Å². The molecule has 2 aliphatic carbocycles. The Morgan fingerprint density at radius 2 is 0.688 bits per heavy atom. The van der Waals surface area contributed by atoms with Gasteiger partial charge in [0, 0.05) is 16.5 Å². The van der Waals surface area contributed by atoms with Gasteiger partial charge in [0.2, 0.25) is 0 Å². The number of anilines is 3. The van der Waals surface area contributed by atoms with Crippen molar-refractivity contribution in [2.24, 2.45) is 0 Å². The zero-order valence-corrected chi connectivity index (χ0v) is 35.1. The summed E-state index contributed by atoms with van der Waals surface area (Å²) in [6.07, 6.45) is 0. The summed E-state index contributed by atoms with van der Waals surface area (Å²) in [6.45, 7) is 0. The number of fused-ring (bicyclic) bond motifs is 13. The van der Waals surface area contributed by atoms with Gasteiger partial charge in [-0.25, -0.2) is 0 Å². The third-order valence-corrected chi connectivity index (χ3v) is 13.9. The van der Waals surface area contributed by atoms with E-state index in [4.69, 9.17) is 0 Å². The first-order chi connectivity index (χ1) is 31.8. The topological polar surface area (TPSA) is 3.24 Å². The van der Waals surface area contributed by atoms with Crippen LogP contribution in [0.3, 0.4) is 0 Å². The van der Waals surface area contributed by atoms with Gasteiger partial charge in [0.15, 0.2) is 0 Å². The lowest BCUT2D eigenvalue weighted by atomic mass is 9.70. The molecule has 0 atom stereocenters. The molecule has 0 aliphatic heterocycles. The monoisotopic (exact) mass is 811 g/mol. The quantitative estimate of drug-likeness (QED) is 0.151. The maximum absolute atomic E-state index is 2.61. The standard InChI is InChI=1S/C63H41N/c1-3-21-42(22-4-1)45-26-9-12-32-52(45)61-47(43-23-5-2-6-24-43)34-19-39-58(61)64(60-41-44-25-7-8-27-46(44)48-28-10-11-31-51(48)60)59-40-20-38-57-62(59)53-33-15-18-37-56(53)63(57)54-35-16-13-29-49(54)50-30-14-17-36-55(50)63/h1-41H. The molecular weight excluding hydrogens is 771 g/mol. The maximum Gasteiger partial charge on any atom is 0.0726 e. The molecule has 11 aromatic rings. The Kier molecular flexibility index (Phi) is 8.20. The van der Waals surface area contributed by atoms with Crippen molar-refractivity contribution in [1.29, 1.82) is 0 Å². The van der Waals surface area contributed by atoms with E-state index in [-0.39, 0.29) is 0 Å². The van der Waals surface area contributed by atoms with Crippen LogP contribution in [0, 0.1) is 0 Å². The van der Waals surface area contributed by atoms with E-state index >= 15 is 0 Å². The van der Waals surface area contributed by atoms with Crippen LogP contribution in [0.2, 0.25) is 0 Å². The summed E-state index contributed by atoms with van der Waals surface area (Å²) in [7, 11) is 0. The highest BCUT2D eigenvalue weighted by atomic mass is 15.2. The summed E-state index contributed by atoms with van der Waals surface area (Å²) in [5, 5.41) is 4.88. The predicted molar refractivity (Wildman–Crippen MR) is 269 cm³/mol. The molecular formula is C63H41N. The van der Waals surface area contributed by atoms with Crippen molar-refractivity contribution in [2.75, 3.05) is 4.90 Å². The molecule has 0 heterocycles. The molecule has 11 aromatic carbocycles. The Morgan fingerprint density at radius 1 is 0.250 bits per heavy atom. The summed E-state index contributed by atoms with van der Waals surface area (Å²) in [5.41, 5.74) is 20.4. The van der Waals surface area contributed by atoms with Gasteiger partial charge in [-0.15, -0.1) is 0 Å². The van der Waals surface area contributed by atoms with Crippen LogP contribution in [0.4, 0.5) is 17.1 Å². The third-order valence-electron chi connectivity index (χ3n) is 13.9. The molecule has 1 spiro atoms. The van der Waals surface area contributed by atoms with Crippen LogP contribution in [-0.2, 0) is 5.41 Å². The SMILES string of the molecule is c1ccc(-c2ccccc2-c2c(-c3ccccc3)cccc2N(c2cccc3c2-c2ccccc2C32c3ccccc3-c3ccccc32)c2cc3ccccc3c3ccccc23)cc1. The first kappa shape index (κ1) is 36.4. The van der Waals surface area contributed by atoms with Crippen LogP contribution in [0.15, 0.2) is 249 Å². The van der Waals surface area contributed by atoms with Crippen LogP contribution in [-0.4, -0.2) is 0 Å². The summed E-state index contributed by atoms with van der Waals surface area (Å²) in [5.74, 6) is 0. The number of nitrogens with zero attached hydrogens (tertiary/aromatic N) is 1. The minimum atomic E-state index is -0.485. The molecule has 0 amide bonds. The second-order valence-corrected chi connectivity index (χ2v) is 17.1. The fourth-order valence-electron chi connectivity index (χ4n) is 11.4. The molecule has 2 aliphatic rings. The van der Waals surface area contributed by atoms with E-state index in [2.05, 4.69) is 254 Å². The van der Waals surface area contributed by atoms with Crippen molar-refractivity contribution in [1.82, 2.24) is 0 Å². The third kappa shape index (κ3) is 5.19. The van der Waals surface area contributed by atoms with Gasteiger partial charge >= 0.3 is 0 Å². The second kappa shape index (κ2) is 14.4. The Hall–Kier alpha value is -8.26. The van der Waals surface area contributed by atoms with Gasteiger partial charge in [-0.3, -0.25) is 0 Å². The first-order valence-corrected chi connectivity index (χ1v) is 22.3. The molecule has 0 N–H and O–H groups in total. The highest BCUT2D eigenvalue weighted by Crippen LogP contribution is 2.65. The lowest BCUT2D eigenvalue weighted by Crippen LogP contribution is -2.26. The molecule has 0 saturated carbocycles. The highest BCUT2D eigenvalue weighted by molar-refractivity contribution is 6.16. The summed E-state index contributed by atoms with van der Waals surface area (Å²) < 4.78 is 0. The van der Waals surface area contributed by atoms with Gasteiger partial charge in [-0.1, -0.05) is 231 Å². The highest BCUT2D eigenvalue weighted by Gasteiger charge is 2.52. The average Bonchev–Trinajstić information content (AvgIpc) is 3.85. The van der Waals surface area contributed by atoms with Gasteiger partial charge < -0.3 is 4.90 Å². The van der Waals surface area contributed by atoms with Crippen LogP contribution in [0.1, 0.15) is 22.3 Å². The fourth-order valence-corrected chi connectivity index (χ4v) is 11.4. The maximum atomic E-state index is 2.61. The van der Waals surface area contributed by atoms with Crippen LogP contribution in [0.5, 0.6) is 0 Å². The molecule has 64 heavy (non-hydrogen) atoms. The minimum Gasteiger partial charge on any atom is -0.309 e. The van der Waals surface area contributed by atoms with Crippen molar-refractivity contribution < 1.29 is 0 Å². The molecule has 298 valence electrons. The Morgan fingerprint density at radius 3 is 1.36 bits per heavy atom. The van der Waals surface area contributed by atoms with E-state index in [0.29, 0.717) is 0 Å². The zero-order valence-electron chi connectivity index (χ0n) is 35.1. The lowest BCUT2D eigenvalue weighted by Gasteiger charge is -2.34. The van der Waals surface area contributed by atoms with Crippen molar-refractivity contribution in [3.05, 3.63) is 271 Å².